The molecule has 1 saturated carbocycles. The standard InChI is InChI=1S/C19H19N3O3S/c1-22-9-16(18-15(19(22)23)8-20-11-21-18)14-7-13(26(2)24)5-6-17(14)25-10-12-3-4-12/h5-9,11-12H,3-4,10H2,1-2H3. The first-order valence-corrected chi connectivity index (χ1v) is 10.0. The Morgan fingerprint density at radius 3 is 2.88 bits per heavy atom. The Labute approximate surface area is 154 Å². The van der Waals surface area contributed by atoms with E-state index in [-0.39, 0.29) is 5.56 Å². The van der Waals surface area contributed by atoms with E-state index in [1.165, 1.54) is 29.9 Å². The van der Waals surface area contributed by atoms with E-state index in [9.17, 15) is 9.35 Å². The van der Waals surface area contributed by atoms with E-state index in [2.05, 4.69) is 9.97 Å². The summed E-state index contributed by atoms with van der Waals surface area (Å²) in [5.41, 5.74) is 1.97. The lowest BCUT2D eigenvalue weighted by molar-refractivity contribution is 0.301. The molecule has 0 bridgehead atoms. The maximum Gasteiger partial charge on any atom is 0.261 e. The highest BCUT2D eigenvalue weighted by atomic mass is 32.2. The smallest absolute Gasteiger partial charge is 0.261 e. The van der Waals surface area contributed by atoms with E-state index in [4.69, 9.17) is 4.74 Å². The number of hydrogen-bond acceptors (Lipinski definition) is 5. The average Bonchev–Trinajstić information content (AvgIpc) is 3.47. The summed E-state index contributed by atoms with van der Waals surface area (Å²) in [6, 6.07) is 5.53. The molecule has 1 fully saturated rings. The fourth-order valence-corrected chi connectivity index (χ4v) is 3.46. The number of aryl methyl sites for hydroxylation is 1. The van der Waals surface area contributed by atoms with Crippen molar-refractivity contribution in [3.63, 3.8) is 0 Å². The molecule has 7 heteroatoms. The van der Waals surface area contributed by atoms with E-state index in [0.717, 1.165) is 11.1 Å². The van der Waals surface area contributed by atoms with Gasteiger partial charge in [0.2, 0.25) is 0 Å². The zero-order chi connectivity index (χ0) is 18.3. The monoisotopic (exact) mass is 369 g/mol. The van der Waals surface area contributed by atoms with Crippen LogP contribution in [0, 0.1) is 5.92 Å². The molecule has 0 saturated heterocycles. The van der Waals surface area contributed by atoms with Gasteiger partial charge in [-0.3, -0.25) is 4.79 Å². The van der Waals surface area contributed by atoms with Crippen LogP contribution in [0.25, 0.3) is 22.0 Å². The summed E-state index contributed by atoms with van der Waals surface area (Å²) in [5.74, 6) is 1.33. The molecule has 2 aromatic heterocycles. The topological polar surface area (TPSA) is 80.1 Å². The fourth-order valence-electron chi connectivity index (χ4n) is 2.92. The summed E-state index contributed by atoms with van der Waals surface area (Å²) in [6.45, 7) is 0.667. The Balaban J connectivity index is 1.93. The zero-order valence-electron chi connectivity index (χ0n) is 14.6. The summed E-state index contributed by atoms with van der Waals surface area (Å²) >= 11 is -1.12. The molecule has 26 heavy (non-hydrogen) atoms. The molecule has 2 heterocycles. The van der Waals surface area contributed by atoms with E-state index in [1.54, 1.807) is 19.5 Å². The Morgan fingerprint density at radius 2 is 2.15 bits per heavy atom. The lowest BCUT2D eigenvalue weighted by Crippen LogP contribution is -2.17. The number of pyridine rings is 1. The molecule has 1 aromatic carbocycles. The molecule has 6 nitrogen and oxygen atoms in total. The second-order valence-electron chi connectivity index (χ2n) is 6.61. The van der Waals surface area contributed by atoms with Crippen molar-refractivity contribution in [2.45, 2.75) is 17.7 Å². The molecule has 3 aromatic rings. The van der Waals surface area contributed by atoms with Gasteiger partial charge in [-0.15, -0.1) is 0 Å². The van der Waals surface area contributed by atoms with Gasteiger partial charge in [0.25, 0.3) is 5.56 Å². The van der Waals surface area contributed by atoms with Gasteiger partial charge in [0.15, 0.2) is 4.90 Å². The largest absolute Gasteiger partial charge is 0.612 e. The summed E-state index contributed by atoms with van der Waals surface area (Å²) < 4.78 is 19.5. The van der Waals surface area contributed by atoms with Gasteiger partial charge in [0.05, 0.1) is 17.5 Å². The highest BCUT2D eigenvalue weighted by Crippen LogP contribution is 2.37. The van der Waals surface area contributed by atoms with Gasteiger partial charge in [-0.05, 0) is 42.1 Å². The van der Waals surface area contributed by atoms with Gasteiger partial charge in [0, 0.05) is 36.6 Å². The molecule has 1 aliphatic carbocycles. The number of aromatic nitrogens is 3. The first-order valence-electron chi connectivity index (χ1n) is 8.44. The van der Waals surface area contributed by atoms with Crippen molar-refractivity contribution in [1.82, 2.24) is 14.5 Å². The Bertz CT molecular complexity index is 1030. The molecule has 1 unspecified atom stereocenters. The molecular weight excluding hydrogens is 350 g/mol. The van der Waals surface area contributed by atoms with Crippen molar-refractivity contribution < 1.29 is 9.29 Å². The molecular formula is C19H19N3O3S. The predicted molar refractivity (Wildman–Crippen MR) is 101 cm³/mol. The van der Waals surface area contributed by atoms with Gasteiger partial charge in [-0.25, -0.2) is 9.97 Å². The van der Waals surface area contributed by atoms with E-state index in [0.29, 0.717) is 34.1 Å². The van der Waals surface area contributed by atoms with Crippen LogP contribution in [0.5, 0.6) is 5.75 Å². The minimum absolute atomic E-state index is 0.153. The second-order valence-corrected chi connectivity index (χ2v) is 7.99. The Hall–Kier alpha value is -2.38. The van der Waals surface area contributed by atoms with E-state index < -0.39 is 11.2 Å². The van der Waals surface area contributed by atoms with Crippen molar-refractivity contribution in [2.75, 3.05) is 12.9 Å². The van der Waals surface area contributed by atoms with E-state index >= 15 is 0 Å². The lowest BCUT2D eigenvalue weighted by atomic mass is 10.0. The molecule has 134 valence electrons. The number of rotatable bonds is 5. The highest BCUT2D eigenvalue weighted by molar-refractivity contribution is 7.90. The number of nitrogens with zero attached hydrogens (tertiary/aromatic N) is 3. The van der Waals surface area contributed by atoms with Crippen LogP contribution < -0.4 is 10.3 Å². The molecule has 4 rings (SSSR count). The third-order valence-corrected chi connectivity index (χ3v) is 5.50. The second kappa shape index (κ2) is 6.74. The van der Waals surface area contributed by atoms with Crippen LogP contribution in [0.15, 0.2) is 46.6 Å². The van der Waals surface area contributed by atoms with E-state index in [1.807, 2.05) is 18.2 Å². The molecule has 1 atom stereocenters. The summed E-state index contributed by atoms with van der Waals surface area (Å²) in [5, 5.41) is 0.448. The first-order chi connectivity index (χ1) is 12.5. The van der Waals surface area contributed by atoms with Gasteiger partial charge < -0.3 is 13.9 Å². The molecule has 1 aliphatic rings. The van der Waals surface area contributed by atoms with Gasteiger partial charge in [-0.2, -0.15) is 0 Å². The van der Waals surface area contributed by atoms with Crippen molar-refractivity contribution in [1.29, 1.82) is 0 Å². The van der Waals surface area contributed by atoms with Crippen molar-refractivity contribution >= 4 is 22.1 Å². The fraction of sp³-hybridized carbons (Fsp3) is 0.316. The van der Waals surface area contributed by atoms with Crippen LogP contribution in [-0.2, 0) is 18.2 Å². The Morgan fingerprint density at radius 1 is 1.35 bits per heavy atom. The number of benzene rings is 1. The van der Waals surface area contributed by atoms with Crippen LogP contribution in [0.4, 0.5) is 0 Å². The minimum atomic E-state index is -1.12. The van der Waals surface area contributed by atoms with Crippen LogP contribution in [0.3, 0.4) is 0 Å². The van der Waals surface area contributed by atoms with Gasteiger partial charge in [-0.1, -0.05) is 0 Å². The maximum atomic E-state index is 12.4. The van der Waals surface area contributed by atoms with Crippen LogP contribution in [0.2, 0.25) is 0 Å². The van der Waals surface area contributed by atoms with Crippen molar-refractivity contribution in [3.05, 3.63) is 47.3 Å². The molecule has 0 aliphatic heterocycles. The maximum absolute atomic E-state index is 12.4. The molecule has 0 radical (unpaired) electrons. The number of fused-ring (bicyclic) bond motifs is 1. The van der Waals surface area contributed by atoms with Gasteiger partial charge in [0.1, 0.15) is 18.3 Å². The SMILES string of the molecule is Cn1cc(-c2cc([S+](C)[O-])ccc2OCC2CC2)c2ncncc2c1=O. The summed E-state index contributed by atoms with van der Waals surface area (Å²) in [7, 11) is 1.70. The van der Waals surface area contributed by atoms with Gasteiger partial charge >= 0.3 is 0 Å². The first kappa shape index (κ1) is 17.1. The minimum Gasteiger partial charge on any atom is -0.612 e. The van der Waals surface area contributed by atoms with Crippen molar-refractivity contribution in [2.24, 2.45) is 13.0 Å². The predicted octanol–water partition coefficient (Wildman–Crippen LogP) is 2.52. The number of ether oxygens (including phenoxy) is 1. The molecule has 0 amide bonds. The van der Waals surface area contributed by atoms with Crippen LogP contribution >= 0.6 is 0 Å². The zero-order valence-corrected chi connectivity index (χ0v) is 15.5. The molecule has 0 N–H and O–H groups in total. The average molecular weight is 369 g/mol. The highest BCUT2D eigenvalue weighted by Gasteiger charge is 2.23. The van der Waals surface area contributed by atoms with Crippen LogP contribution in [0.1, 0.15) is 12.8 Å². The number of hydrogen-bond donors (Lipinski definition) is 0. The third kappa shape index (κ3) is 3.20. The summed E-state index contributed by atoms with van der Waals surface area (Å²) in [6.07, 6.45) is 8.74. The Kier molecular flexibility index (Phi) is 4.42. The van der Waals surface area contributed by atoms with Crippen LogP contribution in [-0.4, -0.2) is 32.0 Å². The summed E-state index contributed by atoms with van der Waals surface area (Å²) in [4.78, 5) is 21.4. The normalized spacial score (nSPS) is 15.2. The third-order valence-electron chi connectivity index (χ3n) is 4.59. The molecule has 0 spiro atoms. The van der Waals surface area contributed by atoms with Crippen molar-refractivity contribution in [3.8, 4) is 16.9 Å². The lowest BCUT2D eigenvalue weighted by Gasteiger charge is -2.15. The quantitative estimate of drug-likeness (QED) is 0.646.